The summed E-state index contributed by atoms with van der Waals surface area (Å²) in [6.07, 6.45) is 1.10. The number of ketones is 1. The summed E-state index contributed by atoms with van der Waals surface area (Å²) < 4.78 is 11.2. The Balaban J connectivity index is 1.75. The SMILES string of the molecule is C=CCOC(=O)CC(=O)[C@H](COCc1ccccc1)NC(c1ccccc1)(c1ccccc1)c1ccccc1. The van der Waals surface area contributed by atoms with Gasteiger partial charge < -0.3 is 9.47 Å². The first-order valence-corrected chi connectivity index (χ1v) is 13.0. The Morgan fingerprint density at radius 1 is 0.744 bits per heavy atom. The van der Waals surface area contributed by atoms with Crippen molar-refractivity contribution in [1.29, 1.82) is 0 Å². The summed E-state index contributed by atoms with van der Waals surface area (Å²) in [7, 11) is 0. The summed E-state index contributed by atoms with van der Waals surface area (Å²) >= 11 is 0. The van der Waals surface area contributed by atoms with E-state index in [1.165, 1.54) is 6.08 Å². The number of hydrogen-bond donors (Lipinski definition) is 1. The Kier molecular flexibility index (Phi) is 9.95. The van der Waals surface area contributed by atoms with Gasteiger partial charge in [-0.1, -0.05) is 134 Å². The van der Waals surface area contributed by atoms with Crippen molar-refractivity contribution in [2.75, 3.05) is 13.2 Å². The summed E-state index contributed by atoms with van der Waals surface area (Å²) in [6.45, 7) is 4.02. The van der Waals surface area contributed by atoms with Gasteiger partial charge in [-0.3, -0.25) is 14.9 Å². The van der Waals surface area contributed by atoms with E-state index in [9.17, 15) is 9.59 Å². The van der Waals surface area contributed by atoms with E-state index in [4.69, 9.17) is 9.47 Å². The van der Waals surface area contributed by atoms with Crippen molar-refractivity contribution in [1.82, 2.24) is 5.32 Å². The highest BCUT2D eigenvalue weighted by atomic mass is 16.5. The van der Waals surface area contributed by atoms with E-state index in [0.29, 0.717) is 6.61 Å². The molecule has 5 heteroatoms. The quantitative estimate of drug-likeness (QED) is 0.0981. The van der Waals surface area contributed by atoms with Crippen molar-refractivity contribution in [3.8, 4) is 0 Å². The third-order valence-electron chi connectivity index (χ3n) is 6.48. The fourth-order valence-electron chi connectivity index (χ4n) is 4.63. The van der Waals surface area contributed by atoms with Crippen molar-refractivity contribution >= 4 is 11.8 Å². The second-order valence-corrected chi connectivity index (χ2v) is 9.16. The zero-order valence-electron chi connectivity index (χ0n) is 21.9. The van der Waals surface area contributed by atoms with Crippen LogP contribution in [0.5, 0.6) is 0 Å². The van der Waals surface area contributed by atoms with Crippen LogP contribution in [-0.4, -0.2) is 31.0 Å². The first-order chi connectivity index (χ1) is 19.1. The van der Waals surface area contributed by atoms with E-state index in [0.717, 1.165) is 22.3 Å². The number of esters is 1. The smallest absolute Gasteiger partial charge is 0.313 e. The van der Waals surface area contributed by atoms with Gasteiger partial charge in [0, 0.05) is 0 Å². The molecule has 0 unspecified atom stereocenters. The third-order valence-corrected chi connectivity index (χ3v) is 6.48. The summed E-state index contributed by atoms with van der Waals surface area (Å²) in [5.41, 5.74) is 2.97. The molecule has 0 aromatic heterocycles. The molecule has 5 nitrogen and oxygen atoms in total. The minimum atomic E-state index is -0.898. The summed E-state index contributed by atoms with van der Waals surface area (Å²) in [5, 5.41) is 3.66. The van der Waals surface area contributed by atoms with E-state index in [2.05, 4.69) is 11.9 Å². The molecule has 198 valence electrons. The Morgan fingerprint density at radius 2 is 1.21 bits per heavy atom. The van der Waals surface area contributed by atoms with Crippen LogP contribution in [0.25, 0.3) is 0 Å². The van der Waals surface area contributed by atoms with E-state index in [1.807, 2.05) is 121 Å². The number of benzene rings is 4. The lowest BCUT2D eigenvalue weighted by Crippen LogP contribution is -2.54. The normalized spacial score (nSPS) is 11.9. The van der Waals surface area contributed by atoms with Gasteiger partial charge in [-0.25, -0.2) is 0 Å². The molecule has 4 rings (SSSR count). The number of hydrogen-bond acceptors (Lipinski definition) is 5. The van der Waals surface area contributed by atoms with Gasteiger partial charge in [0.1, 0.15) is 13.0 Å². The van der Waals surface area contributed by atoms with Crippen LogP contribution in [-0.2, 0) is 31.2 Å². The van der Waals surface area contributed by atoms with Gasteiger partial charge in [-0.2, -0.15) is 0 Å². The standard InChI is InChI=1S/C34H33NO4/c1-2-23-39-33(37)24-32(36)31(26-38-25-27-15-7-3-8-16-27)35-34(28-17-9-4-10-18-28,29-19-11-5-12-20-29)30-21-13-6-14-22-30/h2-22,31,35H,1,23-26H2/t31-/m0/s1. The lowest BCUT2D eigenvalue weighted by atomic mass is 9.76. The largest absolute Gasteiger partial charge is 0.461 e. The molecular weight excluding hydrogens is 486 g/mol. The number of nitrogens with one attached hydrogen (secondary N) is 1. The lowest BCUT2D eigenvalue weighted by molar-refractivity contribution is -0.145. The van der Waals surface area contributed by atoms with Crippen LogP contribution in [0, 0.1) is 0 Å². The maximum Gasteiger partial charge on any atom is 0.313 e. The van der Waals surface area contributed by atoms with Gasteiger partial charge in [0.25, 0.3) is 0 Å². The Labute approximate surface area is 230 Å². The molecule has 0 aliphatic heterocycles. The van der Waals surface area contributed by atoms with E-state index >= 15 is 0 Å². The first kappa shape index (κ1) is 27.7. The van der Waals surface area contributed by atoms with Crippen LogP contribution < -0.4 is 5.32 Å². The van der Waals surface area contributed by atoms with E-state index < -0.39 is 17.6 Å². The topological polar surface area (TPSA) is 64.6 Å². The van der Waals surface area contributed by atoms with Crippen molar-refractivity contribution in [2.45, 2.75) is 24.6 Å². The van der Waals surface area contributed by atoms with Crippen molar-refractivity contribution in [2.24, 2.45) is 0 Å². The second kappa shape index (κ2) is 14.0. The molecule has 0 bridgehead atoms. The molecule has 1 atom stereocenters. The van der Waals surface area contributed by atoms with Gasteiger partial charge >= 0.3 is 5.97 Å². The van der Waals surface area contributed by atoms with Gasteiger partial charge in [-0.15, -0.1) is 0 Å². The summed E-state index contributed by atoms with van der Waals surface area (Å²) in [6, 6.07) is 39.0. The van der Waals surface area contributed by atoms with Crippen LogP contribution in [0.3, 0.4) is 0 Å². The van der Waals surface area contributed by atoms with Crippen molar-refractivity contribution < 1.29 is 19.1 Å². The van der Waals surface area contributed by atoms with Gasteiger partial charge in [-0.05, 0) is 22.3 Å². The Bertz CT molecular complexity index is 1230. The number of carbonyl (C=O) groups excluding carboxylic acids is 2. The predicted molar refractivity (Wildman–Crippen MR) is 153 cm³/mol. The lowest BCUT2D eigenvalue weighted by Gasteiger charge is -2.39. The maximum absolute atomic E-state index is 13.7. The predicted octanol–water partition coefficient (Wildman–Crippen LogP) is 5.84. The monoisotopic (exact) mass is 519 g/mol. The summed E-state index contributed by atoms with van der Waals surface area (Å²) in [5.74, 6) is -0.913. The first-order valence-electron chi connectivity index (χ1n) is 13.0. The highest BCUT2D eigenvalue weighted by Crippen LogP contribution is 2.37. The molecule has 0 heterocycles. The second-order valence-electron chi connectivity index (χ2n) is 9.16. The van der Waals surface area contributed by atoms with Crippen LogP contribution in [0.2, 0.25) is 0 Å². The maximum atomic E-state index is 13.7. The molecule has 0 saturated carbocycles. The highest BCUT2D eigenvalue weighted by Gasteiger charge is 2.40. The minimum absolute atomic E-state index is 0.0523. The van der Waals surface area contributed by atoms with Crippen LogP contribution in [0.4, 0.5) is 0 Å². The molecule has 1 N–H and O–H groups in total. The molecule has 0 fully saturated rings. The van der Waals surface area contributed by atoms with Gasteiger partial charge in [0.05, 0.1) is 24.8 Å². The van der Waals surface area contributed by atoms with Crippen LogP contribution in [0.15, 0.2) is 134 Å². The van der Waals surface area contributed by atoms with Gasteiger partial charge in [0.15, 0.2) is 5.78 Å². The molecule has 39 heavy (non-hydrogen) atoms. The fraction of sp³-hybridized carbons (Fsp3) is 0.176. The number of Topliss-reactive ketones (excluding diaryl/α,β-unsaturated/α-hetero) is 1. The molecule has 0 aliphatic carbocycles. The molecule has 0 spiro atoms. The molecule has 0 aliphatic rings. The van der Waals surface area contributed by atoms with Crippen molar-refractivity contribution in [3.63, 3.8) is 0 Å². The molecule has 0 amide bonds. The molecule has 4 aromatic rings. The number of ether oxygens (including phenoxy) is 2. The third kappa shape index (κ3) is 7.17. The highest BCUT2D eigenvalue weighted by molar-refractivity contribution is 5.98. The zero-order valence-corrected chi connectivity index (χ0v) is 21.9. The Hall–Kier alpha value is -4.32. The zero-order chi connectivity index (χ0) is 27.3. The van der Waals surface area contributed by atoms with Crippen LogP contribution >= 0.6 is 0 Å². The molecular formula is C34H33NO4. The Morgan fingerprint density at radius 3 is 1.67 bits per heavy atom. The number of rotatable bonds is 14. The average molecular weight is 520 g/mol. The molecule has 0 saturated heterocycles. The summed E-state index contributed by atoms with van der Waals surface area (Å²) in [4.78, 5) is 26.1. The van der Waals surface area contributed by atoms with E-state index in [-0.39, 0.29) is 25.4 Å². The minimum Gasteiger partial charge on any atom is -0.461 e. The number of carbonyl (C=O) groups is 2. The van der Waals surface area contributed by atoms with Crippen LogP contribution in [0.1, 0.15) is 28.7 Å². The van der Waals surface area contributed by atoms with E-state index in [1.54, 1.807) is 0 Å². The molecule has 0 radical (unpaired) electrons. The molecule has 4 aromatic carbocycles. The average Bonchev–Trinajstić information content (AvgIpc) is 2.99. The van der Waals surface area contributed by atoms with Crippen molar-refractivity contribution in [3.05, 3.63) is 156 Å². The fourth-order valence-corrected chi connectivity index (χ4v) is 4.63. The van der Waals surface area contributed by atoms with Gasteiger partial charge in [0.2, 0.25) is 0 Å².